The Morgan fingerprint density at radius 2 is 1.67 bits per heavy atom. The number of para-hydroxylation sites is 1. The number of amides is 1. The van der Waals surface area contributed by atoms with Gasteiger partial charge in [-0.25, -0.2) is 0 Å². The number of carbonyl (C=O) groups is 1. The Morgan fingerprint density at radius 1 is 1.04 bits per heavy atom. The number of aryl methyl sites for hydroxylation is 1. The van der Waals surface area contributed by atoms with E-state index in [1.807, 2.05) is 31.2 Å². The van der Waals surface area contributed by atoms with Crippen molar-refractivity contribution in [1.29, 1.82) is 0 Å². The van der Waals surface area contributed by atoms with Crippen LogP contribution >= 0.6 is 12.2 Å². The van der Waals surface area contributed by atoms with Crippen LogP contribution < -0.4 is 24.4 Å². The van der Waals surface area contributed by atoms with Crippen molar-refractivity contribution in [3.63, 3.8) is 0 Å². The molecule has 1 heterocycles. The lowest BCUT2D eigenvalue weighted by atomic mass is 10.1. The number of nitrogens with zero attached hydrogens (tertiary/aromatic N) is 1. The summed E-state index contributed by atoms with van der Waals surface area (Å²) in [6, 6.07) is 11.1. The average molecular weight is 384 g/mol. The van der Waals surface area contributed by atoms with Crippen molar-refractivity contribution < 1.29 is 19.0 Å². The molecule has 1 saturated heterocycles. The molecule has 0 bridgehead atoms. The normalized spacial score (nSPS) is 15.1. The number of carbonyl (C=O) groups excluding carboxylic acids is 1. The topological polar surface area (TPSA) is 60.0 Å². The summed E-state index contributed by atoms with van der Waals surface area (Å²) >= 11 is 5.37. The fourth-order valence-electron chi connectivity index (χ4n) is 2.92. The predicted octanol–water partition coefficient (Wildman–Crippen LogP) is 3.28. The Hall–Kier alpha value is -3.06. The van der Waals surface area contributed by atoms with E-state index >= 15 is 0 Å². The number of methoxy groups -OCH3 is 3. The first-order chi connectivity index (χ1) is 13.0. The molecular weight excluding hydrogens is 364 g/mol. The van der Waals surface area contributed by atoms with Crippen LogP contribution in [0.1, 0.15) is 11.1 Å². The Labute approximate surface area is 163 Å². The molecule has 1 N–H and O–H groups in total. The van der Waals surface area contributed by atoms with Gasteiger partial charge in [0.05, 0.1) is 27.0 Å². The minimum absolute atomic E-state index is 0.219. The molecule has 140 valence electrons. The summed E-state index contributed by atoms with van der Waals surface area (Å²) in [6.07, 6.45) is 1.71. The Balaban J connectivity index is 2.00. The maximum Gasteiger partial charge on any atom is 0.281 e. The van der Waals surface area contributed by atoms with Gasteiger partial charge in [-0.15, -0.1) is 0 Å². The first-order valence-electron chi connectivity index (χ1n) is 8.23. The van der Waals surface area contributed by atoms with Crippen LogP contribution in [-0.4, -0.2) is 32.3 Å². The van der Waals surface area contributed by atoms with E-state index in [1.165, 1.54) is 4.90 Å². The van der Waals surface area contributed by atoms with E-state index in [4.69, 9.17) is 26.4 Å². The van der Waals surface area contributed by atoms with Gasteiger partial charge in [-0.3, -0.25) is 9.69 Å². The minimum Gasteiger partial charge on any atom is -0.493 e. The van der Waals surface area contributed by atoms with E-state index in [-0.39, 0.29) is 5.91 Å². The first kappa shape index (κ1) is 18.7. The molecule has 1 aliphatic heterocycles. The number of anilines is 1. The number of hydrogen-bond donors (Lipinski definition) is 1. The van der Waals surface area contributed by atoms with Gasteiger partial charge in [-0.05, 0) is 54.5 Å². The van der Waals surface area contributed by atoms with Gasteiger partial charge in [0.2, 0.25) is 5.75 Å². The van der Waals surface area contributed by atoms with Crippen LogP contribution in [0.2, 0.25) is 0 Å². The number of nitrogens with one attached hydrogen (secondary N) is 1. The lowest BCUT2D eigenvalue weighted by Gasteiger charge is -2.16. The Kier molecular flexibility index (Phi) is 5.32. The fraction of sp³-hybridized carbons (Fsp3) is 0.200. The van der Waals surface area contributed by atoms with Gasteiger partial charge in [0.1, 0.15) is 5.70 Å². The van der Waals surface area contributed by atoms with Crippen LogP contribution in [0, 0.1) is 6.92 Å². The molecule has 0 radical (unpaired) electrons. The van der Waals surface area contributed by atoms with Gasteiger partial charge in [-0.1, -0.05) is 18.2 Å². The van der Waals surface area contributed by atoms with Crippen LogP contribution in [0.4, 0.5) is 5.69 Å². The van der Waals surface area contributed by atoms with Crippen molar-refractivity contribution in [2.24, 2.45) is 0 Å². The highest BCUT2D eigenvalue weighted by atomic mass is 32.1. The van der Waals surface area contributed by atoms with Crippen LogP contribution in [0.5, 0.6) is 17.2 Å². The zero-order valence-electron chi connectivity index (χ0n) is 15.5. The van der Waals surface area contributed by atoms with E-state index in [1.54, 1.807) is 39.5 Å². The maximum absolute atomic E-state index is 12.9. The molecule has 0 aromatic heterocycles. The quantitative estimate of drug-likeness (QED) is 0.631. The number of benzene rings is 2. The number of thiocarbonyl (C=S) groups is 1. The molecule has 1 fully saturated rings. The van der Waals surface area contributed by atoms with Gasteiger partial charge in [0, 0.05) is 0 Å². The van der Waals surface area contributed by atoms with E-state index < -0.39 is 0 Å². The van der Waals surface area contributed by atoms with E-state index in [0.29, 0.717) is 28.1 Å². The van der Waals surface area contributed by atoms with Gasteiger partial charge in [-0.2, -0.15) is 0 Å². The van der Waals surface area contributed by atoms with Crippen molar-refractivity contribution in [2.45, 2.75) is 6.92 Å². The van der Waals surface area contributed by atoms with Crippen LogP contribution in [-0.2, 0) is 4.79 Å². The van der Waals surface area contributed by atoms with E-state index in [2.05, 4.69) is 5.32 Å². The van der Waals surface area contributed by atoms with Gasteiger partial charge >= 0.3 is 0 Å². The molecule has 0 saturated carbocycles. The molecule has 1 aliphatic rings. The predicted molar refractivity (Wildman–Crippen MR) is 108 cm³/mol. The molecule has 0 atom stereocenters. The smallest absolute Gasteiger partial charge is 0.281 e. The second-order valence-corrected chi connectivity index (χ2v) is 6.26. The molecule has 2 aromatic carbocycles. The number of rotatable bonds is 5. The zero-order valence-corrected chi connectivity index (χ0v) is 16.3. The Morgan fingerprint density at radius 3 is 2.22 bits per heavy atom. The molecule has 2 aromatic rings. The van der Waals surface area contributed by atoms with Crippen molar-refractivity contribution in [3.8, 4) is 17.2 Å². The van der Waals surface area contributed by atoms with Crippen molar-refractivity contribution in [2.75, 3.05) is 26.2 Å². The summed E-state index contributed by atoms with van der Waals surface area (Å²) in [5.74, 6) is 1.29. The summed E-state index contributed by atoms with van der Waals surface area (Å²) < 4.78 is 16.1. The summed E-state index contributed by atoms with van der Waals surface area (Å²) in [5, 5.41) is 3.33. The molecule has 6 nitrogen and oxygen atoms in total. The highest BCUT2D eigenvalue weighted by Gasteiger charge is 2.32. The third-order valence-corrected chi connectivity index (χ3v) is 4.52. The monoisotopic (exact) mass is 384 g/mol. The Bertz CT molecular complexity index is 914. The molecular formula is C20H20N2O4S. The third-order valence-electron chi connectivity index (χ3n) is 4.23. The molecule has 3 rings (SSSR count). The molecule has 0 spiro atoms. The van der Waals surface area contributed by atoms with Crippen molar-refractivity contribution >= 4 is 35.0 Å². The average Bonchev–Trinajstić information content (AvgIpc) is 2.94. The lowest BCUT2D eigenvalue weighted by molar-refractivity contribution is -0.113. The first-order valence-corrected chi connectivity index (χ1v) is 8.63. The minimum atomic E-state index is -0.219. The highest BCUT2D eigenvalue weighted by Crippen LogP contribution is 2.39. The van der Waals surface area contributed by atoms with Gasteiger partial charge < -0.3 is 19.5 Å². The third kappa shape index (κ3) is 3.46. The summed E-state index contributed by atoms with van der Waals surface area (Å²) in [4.78, 5) is 14.4. The second kappa shape index (κ2) is 7.67. The van der Waals surface area contributed by atoms with Crippen LogP contribution in [0.3, 0.4) is 0 Å². The fourth-order valence-corrected chi connectivity index (χ4v) is 3.21. The molecule has 0 unspecified atom stereocenters. The van der Waals surface area contributed by atoms with Gasteiger partial charge in [0.25, 0.3) is 5.91 Å². The lowest BCUT2D eigenvalue weighted by Crippen LogP contribution is -2.30. The maximum atomic E-state index is 12.9. The molecule has 1 amide bonds. The molecule has 0 aliphatic carbocycles. The number of ether oxygens (including phenoxy) is 3. The largest absolute Gasteiger partial charge is 0.493 e. The van der Waals surface area contributed by atoms with E-state index in [9.17, 15) is 4.79 Å². The standard InChI is InChI=1S/C20H20N2O4S/c1-12-7-5-6-8-15(12)22-19(23)14(21-20(22)27)9-13-10-16(24-2)18(26-4)17(11-13)25-3/h5-11H,1-4H3,(H,21,27)/b14-9+. The van der Waals surface area contributed by atoms with E-state index in [0.717, 1.165) is 16.8 Å². The molecule has 27 heavy (non-hydrogen) atoms. The van der Waals surface area contributed by atoms with Crippen molar-refractivity contribution in [1.82, 2.24) is 5.32 Å². The highest BCUT2D eigenvalue weighted by molar-refractivity contribution is 7.80. The summed E-state index contributed by atoms with van der Waals surface area (Å²) in [6.45, 7) is 1.94. The molecule has 7 heteroatoms. The summed E-state index contributed by atoms with van der Waals surface area (Å²) in [7, 11) is 4.63. The number of hydrogen-bond acceptors (Lipinski definition) is 5. The van der Waals surface area contributed by atoms with Crippen LogP contribution in [0.15, 0.2) is 42.1 Å². The zero-order chi connectivity index (χ0) is 19.6. The van der Waals surface area contributed by atoms with Crippen molar-refractivity contribution in [3.05, 3.63) is 53.2 Å². The van der Waals surface area contributed by atoms with Gasteiger partial charge in [0.15, 0.2) is 16.6 Å². The summed E-state index contributed by atoms with van der Waals surface area (Å²) in [5.41, 5.74) is 2.81. The second-order valence-electron chi connectivity index (χ2n) is 5.87. The SMILES string of the molecule is COc1cc(/C=C2/NC(=S)N(c3ccccc3C)C2=O)cc(OC)c1OC. The van der Waals surface area contributed by atoms with Crippen LogP contribution in [0.25, 0.3) is 6.08 Å².